The van der Waals surface area contributed by atoms with Crippen molar-refractivity contribution in [2.75, 3.05) is 7.11 Å². The lowest BCUT2D eigenvalue weighted by Gasteiger charge is -2.05. The highest BCUT2D eigenvalue weighted by atomic mass is 79.9. The van der Waals surface area contributed by atoms with Crippen LogP contribution in [0, 0.1) is 0 Å². The van der Waals surface area contributed by atoms with Crippen LogP contribution in [0.4, 0.5) is 0 Å². The summed E-state index contributed by atoms with van der Waals surface area (Å²) in [6.45, 7) is 0. The van der Waals surface area contributed by atoms with E-state index in [1.54, 1.807) is 25.7 Å². The molecule has 0 atom stereocenters. The summed E-state index contributed by atoms with van der Waals surface area (Å²) in [5, 5.41) is 0.787. The third-order valence-electron chi connectivity index (χ3n) is 3.57. The molecule has 0 saturated carbocycles. The van der Waals surface area contributed by atoms with Crippen molar-refractivity contribution in [2.24, 2.45) is 0 Å². The Labute approximate surface area is 143 Å². The number of benzene rings is 1. The van der Waals surface area contributed by atoms with Gasteiger partial charge in [0, 0.05) is 10.7 Å². The smallest absolute Gasteiger partial charge is 0.275 e. The molecule has 0 aliphatic rings. The first-order valence-corrected chi connectivity index (χ1v) is 8.39. The highest BCUT2D eigenvalue weighted by molar-refractivity contribution is 9.10. The minimum absolute atomic E-state index is 0.109. The number of fused-ring (bicyclic) bond motifs is 3. The Morgan fingerprint density at radius 3 is 2.70 bits per heavy atom. The van der Waals surface area contributed by atoms with Crippen molar-refractivity contribution in [2.45, 2.75) is 0 Å². The molecule has 0 unspecified atom stereocenters. The molecule has 0 radical (unpaired) electrons. The maximum atomic E-state index is 12.8. The molecule has 3 aromatic heterocycles. The first-order valence-electron chi connectivity index (χ1n) is 6.78. The van der Waals surface area contributed by atoms with Crippen LogP contribution in [0.25, 0.3) is 26.1 Å². The molecule has 1 aromatic carbocycles. The van der Waals surface area contributed by atoms with Crippen LogP contribution in [0.2, 0.25) is 0 Å². The van der Waals surface area contributed by atoms with E-state index >= 15 is 0 Å². The Kier molecular flexibility index (Phi) is 3.39. The van der Waals surface area contributed by atoms with Gasteiger partial charge in [-0.15, -0.1) is 11.3 Å². The maximum Gasteiger partial charge on any atom is 0.275 e. The number of rotatable bonds is 2. The normalized spacial score (nSPS) is 11.2. The molecule has 0 aliphatic carbocycles. The highest BCUT2D eigenvalue weighted by Crippen LogP contribution is 2.35. The van der Waals surface area contributed by atoms with Crippen molar-refractivity contribution >= 4 is 47.7 Å². The molecule has 0 saturated heterocycles. The van der Waals surface area contributed by atoms with Gasteiger partial charge in [0.25, 0.3) is 5.56 Å². The molecule has 0 N–H and O–H groups in total. The van der Waals surface area contributed by atoms with Crippen molar-refractivity contribution in [3.63, 3.8) is 0 Å². The third kappa shape index (κ3) is 2.24. The van der Waals surface area contributed by atoms with Gasteiger partial charge < -0.3 is 4.74 Å². The zero-order chi connectivity index (χ0) is 16.0. The van der Waals surface area contributed by atoms with Gasteiger partial charge in [0.15, 0.2) is 0 Å². The van der Waals surface area contributed by atoms with Crippen LogP contribution in [0.5, 0.6) is 5.75 Å². The van der Waals surface area contributed by atoms with Crippen molar-refractivity contribution in [1.82, 2.24) is 14.5 Å². The van der Waals surface area contributed by atoms with E-state index < -0.39 is 0 Å². The predicted molar refractivity (Wildman–Crippen MR) is 94.8 cm³/mol. The molecule has 0 spiro atoms. The summed E-state index contributed by atoms with van der Waals surface area (Å²) in [6.07, 6.45) is 3.22. The second-order valence-electron chi connectivity index (χ2n) is 4.87. The van der Waals surface area contributed by atoms with Crippen LogP contribution >= 0.6 is 27.3 Å². The van der Waals surface area contributed by atoms with Gasteiger partial charge in [0.05, 0.1) is 18.2 Å². The number of thiophene rings is 1. The number of halogens is 1. The van der Waals surface area contributed by atoms with Gasteiger partial charge in [-0.3, -0.25) is 9.36 Å². The minimum Gasteiger partial charge on any atom is -0.496 e. The molecule has 0 fully saturated rings. The van der Waals surface area contributed by atoms with Gasteiger partial charge >= 0.3 is 0 Å². The third-order valence-corrected chi connectivity index (χ3v) is 5.17. The molecule has 0 amide bonds. The van der Waals surface area contributed by atoms with Crippen LogP contribution in [0.3, 0.4) is 0 Å². The van der Waals surface area contributed by atoms with Crippen LogP contribution in [0.1, 0.15) is 0 Å². The fourth-order valence-corrected chi connectivity index (χ4v) is 3.79. The molecular weight excluding hydrogens is 378 g/mol. The van der Waals surface area contributed by atoms with Crippen molar-refractivity contribution in [3.8, 4) is 11.4 Å². The minimum atomic E-state index is -0.109. The van der Waals surface area contributed by atoms with Crippen LogP contribution in [0.15, 0.2) is 52.1 Å². The molecule has 4 aromatic rings. The number of pyridine rings is 1. The Bertz CT molecular complexity index is 1090. The first-order chi connectivity index (χ1) is 11.2. The molecule has 0 aliphatic heterocycles. The van der Waals surface area contributed by atoms with Gasteiger partial charge in [-0.1, -0.05) is 15.9 Å². The molecule has 5 nitrogen and oxygen atoms in total. The van der Waals surface area contributed by atoms with E-state index in [-0.39, 0.29) is 5.56 Å². The first kappa shape index (κ1) is 14.3. The molecule has 4 rings (SSSR count). The Balaban J connectivity index is 2.04. The van der Waals surface area contributed by atoms with Crippen LogP contribution in [-0.2, 0) is 0 Å². The fourth-order valence-electron chi connectivity index (χ4n) is 2.48. The van der Waals surface area contributed by atoms with E-state index in [1.807, 2.05) is 24.3 Å². The van der Waals surface area contributed by atoms with Crippen LogP contribution in [-0.4, -0.2) is 21.6 Å². The lowest BCUT2D eigenvalue weighted by molar-refractivity contribution is 0.420. The molecule has 114 valence electrons. The Morgan fingerprint density at radius 1 is 1.17 bits per heavy atom. The van der Waals surface area contributed by atoms with Gasteiger partial charge in [0.2, 0.25) is 0 Å². The maximum absolute atomic E-state index is 12.8. The zero-order valence-electron chi connectivity index (χ0n) is 12.0. The number of methoxy groups -OCH3 is 1. The summed E-state index contributed by atoms with van der Waals surface area (Å²) in [7, 11) is 1.60. The zero-order valence-corrected chi connectivity index (χ0v) is 14.4. The van der Waals surface area contributed by atoms with E-state index in [2.05, 4.69) is 25.9 Å². The summed E-state index contributed by atoms with van der Waals surface area (Å²) in [5.41, 5.74) is 1.29. The SMILES string of the molecule is COc1ccnc2sc3c(=O)n(-c4ccc(Br)cc4)cnc3c12. The van der Waals surface area contributed by atoms with Crippen molar-refractivity contribution in [3.05, 3.63) is 57.7 Å². The van der Waals surface area contributed by atoms with Crippen LogP contribution < -0.4 is 10.3 Å². The van der Waals surface area contributed by atoms with Gasteiger partial charge in [-0.05, 0) is 30.3 Å². The summed E-state index contributed by atoms with van der Waals surface area (Å²) in [6, 6.07) is 9.29. The average Bonchev–Trinajstić information content (AvgIpc) is 2.96. The number of hydrogen-bond acceptors (Lipinski definition) is 5. The van der Waals surface area contributed by atoms with Gasteiger partial charge in [-0.25, -0.2) is 9.97 Å². The molecule has 0 bridgehead atoms. The predicted octanol–water partition coefficient (Wildman–Crippen LogP) is 3.77. The number of nitrogens with zero attached hydrogens (tertiary/aromatic N) is 3. The number of aromatic nitrogens is 3. The second kappa shape index (κ2) is 5.43. The summed E-state index contributed by atoms with van der Waals surface area (Å²) in [5.74, 6) is 0.676. The summed E-state index contributed by atoms with van der Waals surface area (Å²) >= 11 is 4.73. The Morgan fingerprint density at radius 2 is 1.96 bits per heavy atom. The number of hydrogen-bond donors (Lipinski definition) is 0. The molecule has 7 heteroatoms. The topological polar surface area (TPSA) is 57.0 Å². The highest BCUT2D eigenvalue weighted by Gasteiger charge is 2.16. The number of ether oxygens (including phenoxy) is 1. The second-order valence-corrected chi connectivity index (χ2v) is 6.78. The van der Waals surface area contributed by atoms with Gasteiger partial charge in [-0.2, -0.15) is 0 Å². The van der Waals surface area contributed by atoms with E-state index in [0.29, 0.717) is 16.0 Å². The fraction of sp³-hybridized carbons (Fsp3) is 0.0625. The summed E-state index contributed by atoms with van der Waals surface area (Å²) in [4.78, 5) is 22.4. The molecule has 3 heterocycles. The monoisotopic (exact) mass is 387 g/mol. The molecular formula is C16H10BrN3O2S. The molecule has 23 heavy (non-hydrogen) atoms. The quantitative estimate of drug-likeness (QED) is 0.525. The van der Waals surface area contributed by atoms with E-state index in [1.165, 1.54) is 15.9 Å². The average molecular weight is 388 g/mol. The lowest BCUT2D eigenvalue weighted by atomic mass is 10.2. The van der Waals surface area contributed by atoms with E-state index in [0.717, 1.165) is 20.4 Å². The van der Waals surface area contributed by atoms with Crippen molar-refractivity contribution in [1.29, 1.82) is 0 Å². The Hall–Kier alpha value is -2.25. The van der Waals surface area contributed by atoms with Crippen molar-refractivity contribution < 1.29 is 4.74 Å². The van der Waals surface area contributed by atoms with Gasteiger partial charge in [0.1, 0.15) is 27.1 Å². The summed E-state index contributed by atoms with van der Waals surface area (Å²) < 4.78 is 8.44. The van der Waals surface area contributed by atoms with E-state index in [9.17, 15) is 4.79 Å². The lowest BCUT2D eigenvalue weighted by Crippen LogP contribution is -2.17. The largest absolute Gasteiger partial charge is 0.496 e. The van der Waals surface area contributed by atoms with E-state index in [4.69, 9.17) is 4.74 Å². The standard InChI is InChI=1S/C16H10BrN3O2S/c1-22-11-6-7-18-15-12(11)13-14(23-15)16(21)20(8-19-13)10-4-2-9(17)3-5-10/h2-8H,1H3.